The van der Waals surface area contributed by atoms with Gasteiger partial charge in [-0.1, -0.05) is 110 Å². The third-order valence-electron chi connectivity index (χ3n) is 9.55. The Kier molecular flexibility index (Phi) is 21.4. The Morgan fingerprint density at radius 3 is 2.06 bits per heavy atom. The Morgan fingerprint density at radius 1 is 1.00 bits per heavy atom. The molecule has 2 heterocycles. The number of hydrogen-bond donors (Lipinski definition) is 1. The molecule has 50 heavy (non-hydrogen) atoms. The number of aromatic nitrogens is 4. The van der Waals surface area contributed by atoms with Crippen molar-refractivity contribution in [2.24, 2.45) is 0 Å². The number of aryl methyl sites for hydroxylation is 1. The van der Waals surface area contributed by atoms with E-state index in [0.29, 0.717) is 0 Å². The number of nitrogens with two attached hydrogens (primary N) is 1. The minimum atomic E-state index is -2.88. The Hall–Kier alpha value is -2.58. The van der Waals surface area contributed by atoms with Crippen LogP contribution in [0.5, 0.6) is 0 Å². The molecule has 0 aromatic carbocycles. The first-order chi connectivity index (χ1) is 24.1. The van der Waals surface area contributed by atoms with E-state index in [1.54, 1.807) is 18.5 Å². The van der Waals surface area contributed by atoms with Crippen LogP contribution in [-0.2, 0) is 29.9 Å². The van der Waals surface area contributed by atoms with Crippen LogP contribution < -0.4 is 5.73 Å². The Bertz CT molecular complexity index is 1300. The molecule has 2 N–H and O–H groups in total. The molecule has 2 aromatic rings. The number of esters is 1. The molecule has 0 saturated heterocycles. The molecule has 11 nitrogen and oxygen atoms in total. The number of nitrogen functional groups attached to an aromatic ring is 1. The molecule has 1 unspecified atom stereocenters. The quantitative estimate of drug-likeness (QED) is 0.0286. The number of ether oxygens (including phenoxy) is 2. The van der Waals surface area contributed by atoms with Crippen LogP contribution in [0.25, 0.3) is 11.2 Å². The average molecular weight is 723 g/mol. The highest BCUT2D eigenvalue weighted by atomic mass is 31.1. The molecule has 0 fully saturated rings. The summed E-state index contributed by atoms with van der Waals surface area (Å²) in [7, 11) is 0.142. The fourth-order valence-corrected chi connectivity index (χ4v) is 6.92. The predicted molar refractivity (Wildman–Crippen MR) is 199 cm³/mol. The number of imidazole rings is 1. The summed E-state index contributed by atoms with van der Waals surface area (Å²) in [5.74, 6) is 2.14. The zero-order chi connectivity index (χ0) is 36.8. The van der Waals surface area contributed by atoms with E-state index in [0.717, 1.165) is 38.5 Å². The van der Waals surface area contributed by atoms with E-state index in [-0.39, 0.29) is 42.7 Å². The highest BCUT2D eigenvalue weighted by Crippen LogP contribution is 2.33. The molecule has 0 aliphatic heterocycles. The molecular weight excluding hydrogens is 658 g/mol. The van der Waals surface area contributed by atoms with Crippen molar-refractivity contribution < 1.29 is 27.7 Å². The number of fused-ring (bicyclic) bond motifs is 1. The minimum absolute atomic E-state index is 0.0635. The van der Waals surface area contributed by atoms with Gasteiger partial charge in [0, 0.05) is 20.1 Å². The lowest BCUT2D eigenvalue weighted by Gasteiger charge is -2.29. The van der Waals surface area contributed by atoms with E-state index in [4.69, 9.17) is 26.2 Å². The second kappa shape index (κ2) is 24.6. The van der Waals surface area contributed by atoms with Crippen molar-refractivity contribution in [1.82, 2.24) is 24.2 Å². The largest absolute Gasteiger partial charge is 0.461 e. The molecule has 0 amide bonds. The SMILES string of the molecule is C#C[C@](CCn1cnc2c(N)nc(F)nc21)(CO[PH](=O)N(C)[C@@H](C)C(=O)OC(CCCCCCCCCC)CCCCCCCCCC)OC. The van der Waals surface area contributed by atoms with Crippen LogP contribution in [0.2, 0.25) is 0 Å². The molecule has 3 atom stereocenters. The molecule has 2 rings (SSSR count). The summed E-state index contributed by atoms with van der Waals surface area (Å²) < 4.78 is 47.5. The summed E-state index contributed by atoms with van der Waals surface area (Å²) in [6.45, 7) is 6.19. The van der Waals surface area contributed by atoms with Gasteiger partial charge in [-0.25, -0.2) is 9.65 Å². The van der Waals surface area contributed by atoms with Gasteiger partial charge in [-0.2, -0.15) is 14.4 Å². The smallest absolute Gasteiger partial charge is 0.323 e. The Balaban J connectivity index is 1.91. The van der Waals surface area contributed by atoms with E-state index in [1.165, 1.54) is 95.2 Å². The molecule has 0 aliphatic rings. The topological polar surface area (TPSA) is 135 Å². The van der Waals surface area contributed by atoms with Crippen LogP contribution in [-0.4, -0.2) is 68.7 Å². The monoisotopic (exact) mass is 722 g/mol. The number of unbranched alkanes of at least 4 members (excludes halogenated alkanes) is 14. The van der Waals surface area contributed by atoms with E-state index >= 15 is 0 Å². The molecule has 0 bridgehead atoms. The maximum absolute atomic E-state index is 13.8. The van der Waals surface area contributed by atoms with E-state index < -0.39 is 31.9 Å². The van der Waals surface area contributed by atoms with Crippen LogP contribution in [0.1, 0.15) is 143 Å². The standard InChI is InChI=1S/C37H64FN6O5P/c1-7-10-12-14-16-18-20-22-24-31(25-23-21-19-17-15-13-11-8-2)49-35(45)30(4)43(5)50(46)48-28-37(9-3,47-6)26-27-44-29-40-32-33(39)41-36(38)42-34(32)44/h3,29-31,50H,7-8,10-28H2,1-2,4-6H3,(H2,39,41,42)/t30-,37-/m0/s1. The van der Waals surface area contributed by atoms with Crippen LogP contribution in [0.4, 0.5) is 10.2 Å². The van der Waals surface area contributed by atoms with Crippen LogP contribution in [0.3, 0.4) is 0 Å². The zero-order valence-corrected chi connectivity index (χ0v) is 32.4. The second-order valence-electron chi connectivity index (χ2n) is 13.5. The number of carbonyl (C=O) groups is 1. The first-order valence-electron chi connectivity index (χ1n) is 18.9. The summed E-state index contributed by atoms with van der Waals surface area (Å²) in [6.07, 6.45) is 27.7. The molecule has 0 saturated carbocycles. The summed E-state index contributed by atoms with van der Waals surface area (Å²) in [4.78, 5) is 24.8. The van der Waals surface area contributed by atoms with E-state index in [9.17, 15) is 13.8 Å². The number of halogens is 1. The molecule has 284 valence electrons. The summed E-state index contributed by atoms with van der Waals surface area (Å²) >= 11 is 0. The number of rotatable bonds is 29. The van der Waals surface area contributed by atoms with Gasteiger partial charge in [0.25, 0.3) is 8.18 Å². The van der Waals surface area contributed by atoms with E-state index in [2.05, 4.69) is 34.7 Å². The van der Waals surface area contributed by atoms with E-state index in [1.807, 2.05) is 0 Å². The second-order valence-corrected chi connectivity index (χ2v) is 15.0. The van der Waals surface area contributed by atoms with Crippen molar-refractivity contribution in [3.8, 4) is 12.3 Å². The molecule has 0 radical (unpaired) electrons. The highest BCUT2D eigenvalue weighted by Gasteiger charge is 2.32. The summed E-state index contributed by atoms with van der Waals surface area (Å²) in [6, 6.07) is -0.777. The van der Waals surface area contributed by atoms with Crippen molar-refractivity contribution >= 4 is 31.1 Å². The maximum atomic E-state index is 13.8. The van der Waals surface area contributed by atoms with Crippen molar-refractivity contribution in [3.05, 3.63) is 12.4 Å². The Labute approximate surface area is 300 Å². The molecule has 0 aliphatic carbocycles. The highest BCUT2D eigenvalue weighted by molar-refractivity contribution is 7.36. The third-order valence-corrected chi connectivity index (χ3v) is 10.9. The lowest BCUT2D eigenvalue weighted by molar-refractivity contribution is -0.153. The van der Waals surface area contributed by atoms with Crippen molar-refractivity contribution in [3.63, 3.8) is 0 Å². The third kappa shape index (κ3) is 15.3. The number of methoxy groups -OCH3 is 1. The minimum Gasteiger partial charge on any atom is -0.461 e. The predicted octanol–water partition coefficient (Wildman–Crippen LogP) is 8.66. The van der Waals surface area contributed by atoms with Crippen molar-refractivity contribution in [2.45, 2.75) is 167 Å². The number of carbonyl (C=O) groups excluding carboxylic acids is 1. The van der Waals surface area contributed by atoms with Gasteiger partial charge >= 0.3 is 12.0 Å². The molecule has 13 heteroatoms. The maximum Gasteiger partial charge on any atom is 0.323 e. The Morgan fingerprint density at radius 2 is 1.54 bits per heavy atom. The van der Waals surface area contributed by atoms with Crippen LogP contribution in [0.15, 0.2) is 6.33 Å². The van der Waals surface area contributed by atoms with Gasteiger partial charge in [-0.15, -0.1) is 6.42 Å². The van der Waals surface area contributed by atoms with Crippen molar-refractivity contribution in [2.75, 3.05) is 26.5 Å². The van der Waals surface area contributed by atoms with Gasteiger partial charge in [0.1, 0.15) is 17.7 Å². The number of nitrogens with zero attached hydrogens (tertiary/aromatic N) is 5. The summed E-state index contributed by atoms with van der Waals surface area (Å²) in [5.41, 5.74) is 5.02. The lowest BCUT2D eigenvalue weighted by atomic mass is 10.0. The normalized spacial score (nSPS) is 14.2. The average Bonchev–Trinajstić information content (AvgIpc) is 3.52. The number of hydrogen-bond acceptors (Lipinski definition) is 9. The van der Waals surface area contributed by atoms with Crippen LogP contribution in [0, 0.1) is 18.4 Å². The molecular formula is C37H64FN6O5P. The molecule has 0 spiro atoms. The van der Waals surface area contributed by atoms with Gasteiger partial charge in [0.2, 0.25) is 0 Å². The number of terminal acetylenes is 1. The van der Waals surface area contributed by atoms with Crippen LogP contribution >= 0.6 is 8.18 Å². The lowest BCUT2D eigenvalue weighted by Crippen LogP contribution is -2.38. The number of likely N-dealkylation sites (N-methyl/N-ethyl adjacent to an activating group) is 1. The first-order valence-corrected chi connectivity index (χ1v) is 20.1. The fourth-order valence-electron chi connectivity index (χ4n) is 5.94. The molecule has 2 aromatic heterocycles. The van der Waals surface area contributed by atoms with Gasteiger partial charge in [-0.05, 0) is 39.7 Å². The zero-order valence-electron chi connectivity index (χ0n) is 31.4. The van der Waals surface area contributed by atoms with Gasteiger partial charge in [0.05, 0.1) is 12.9 Å². The number of anilines is 1. The summed E-state index contributed by atoms with van der Waals surface area (Å²) in [5, 5.41) is 0. The van der Waals surface area contributed by atoms with Gasteiger partial charge in [-0.3, -0.25) is 9.36 Å². The first kappa shape index (κ1) is 43.6. The van der Waals surface area contributed by atoms with Crippen molar-refractivity contribution in [1.29, 1.82) is 0 Å². The fraction of sp³-hybridized carbons (Fsp3) is 0.784. The van der Waals surface area contributed by atoms with Gasteiger partial charge < -0.3 is 24.3 Å². The van der Waals surface area contributed by atoms with Gasteiger partial charge in [0.15, 0.2) is 17.1 Å².